The summed E-state index contributed by atoms with van der Waals surface area (Å²) in [5.74, 6) is -0.580. The van der Waals surface area contributed by atoms with Gasteiger partial charge in [-0.1, -0.05) is 48.4 Å². The summed E-state index contributed by atoms with van der Waals surface area (Å²) in [6, 6.07) is 19.0. The number of aryl methyl sites for hydroxylation is 3. The Morgan fingerprint density at radius 1 is 0.886 bits per heavy atom. The number of esters is 1. The van der Waals surface area contributed by atoms with Gasteiger partial charge in [-0.05, 0) is 75.6 Å². The Morgan fingerprint density at radius 2 is 1.57 bits per heavy atom. The number of fused-ring (bicyclic) bond motifs is 1. The number of nitrogens with one attached hydrogen (secondary N) is 1. The molecule has 1 aromatic heterocycles. The highest BCUT2D eigenvalue weighted by molar-refractivity contribution is 6.15. The molecule has 0 unspecified atom stereocenters. The zero-order valence-electron chi connectivity index (χ0n) is 20.9. The van der Waals surface area contributed by atoms with Crippen molar-refractivity contribution >= 4 is 28.5 Å². The van der Waals surface area contributed by atoms with Crippen LogP contribution < -0.4 is 5.32 Å². The predicted octanol–water partition coefficient (Wildman–Crippen LogP) is 6.95. The number of carbonyl (C=O) groups excluding carboxylic acids is 2. The Morgan fingerprint density at radius 3 is 2.23 bits per heavy atom. The molecule has 5 heteroatoms. The van der Waals surface area contributed by atoms with Gasteiger partial charge in [-0.2, -0.15) is 0 Å². The largest absolute Gasteiger partial charge is 0.462 e. The van der Waals surface area contributed by atoms with Crippen molar-refractivity contribution in [3.05, 3.63) is 94.0 Å². The number of nitrogens with zero attached hydrogens (tertiary/aromatic N) is 1. The molecule has 1 heterocycles. The van der Waals surface area contributed by atoms with Crippen LogP contribution in [0.5, 0.6) is 0 Å². The van der Waals surface area contributed by atoms with Crippen molar-refractivity contribution in [2.45, 2.75) is 41.0 Å². The van der Waals surface area contributed by atoms with E-state index in [4.69, 9.17) is 9.72 Å². The summed E-state index contributed by atoms with van der Waals surface area (Å²) in [4.78, 5) is 30.7. The number of benzene rings is 3. The van der Waals surface area contributed by atoms with E-state index in [9.17, 15) is 9.59 Å². The molecule has 0 aliphatic heterocycles. The molecule has 5 nitrogen and oxygen atoms in total. The van der Waals surface area contributed by atoms with Crippen LogP contribution in [0.2, 0.25) is 0 Å². The summed E-state index contributed by atoms with van der Waals surface area (Å²) in [6.45, 7) is 10.4. The lowest BCUT2D eigenvalue weighted by Gasteiger charge is -2.17. The maximum atomic E-state index is 13.6. The van der Waals surface area contributed by atoms with Crippen LogP contribution in [0.25, 0.3) is 22.2 Å². The lowest BCUT2D eigenvalue weighted by molar-refractivity contribution is 0.0505. The molecule has 4 aromatic rings. The molecule has 0 saturated carbocycles. The first-order chi connectivity index (χ1) is 16.8. The summed E-state index contributed by atoms with van der Waals surface area (Å²) in [5, 5.41) is 3.84. The fraction of sp³-hybridized carbons (Fsp3) is 0.233. The van der Waals surface area contributed by atoms with Gasteiger partial charge in [0, 0.05) is 16.6 Å². The molecule has 4 rings (SSSR count). The first-order valence-electron chi connectivity index (χ1n) is 11.9. The second kappa shape index (κ2) is 10.1. The zero-order valence-corrected chi connectivity index (χ0v) is 20.9. The van der Waals surface area contributed by atoms with Gasteiger partial charge in [0.15, 0.2) is 0 Å². The van der Waals surface area contributed by atoms with E-state index < -0.39 is 0 Å². The van der Waals surface area contributed by atoms with Crippen molar-refractivity contribution < 1.29 is 14.3 Å². The lowest BCUT2D eigenvalue weighted by Crippen LogP contribution is -2.16. The minimum atomic E-state index is -0.366. The van der Waals surface area contributed by atoms with Gasteiger partial charge in [-0.15, -0.1) is 0 Å². The average molecular weight is 467 g/mol. The number of rotatable bonds is 6. The summed E-state index contributed by atoms with van der Waals surface area (Å²) < 4.78 is 5.18. The Hall–Kier alpha value is -3.99. The summed E-state index contributed by atoms with van der Waals surface area (Å²) in [6.07, 6.45) is 0.767. The van der Waals surface area contributed by atoms with Crippen LogP contribution in [0.3, 0.4) is 0 Å². The predicted molar refractivity (Wildman–Crippen MR) is 141 cm³/mol. The number of carbonyl (C=O) groups is 2. The topological polar surface area (TPSA) is 68.3 Å². The second-order valence-corrected chi connectivity index (χ2v) is 8.97. The summed E-state index contributed by atoms with van der Waals surface area (Å²) in [5.41, 5.74) is 8.33. The summed E-state index contributed by atoms with van der Waals surface area (Å²) in [7, 11) is 0. The van der Waals surface area contributed by atoms with E-state index in [1.54, 1.807) is 24.3 Å². The molecule has 0 spiro atoms. The molecule has 0 bridgehead atoms. The van der Waals surface area contributed by atoms with E-state index in [0.29, 0.717) is 23.4 Å². The lowest BCUT2D eigenvalue weighted by atomic mass is 9.94. The monoisotopic (exact) mass is 466 g/mol. The number of pyridine rings is 1. The fourth-order valence-electron chi connectivity index (χ4n) is 4.26. The SMILES string of the molecule is CCCOC(=O)c1ccc(NC(=O)c2c(C)c(-c3ccc(C)cc3)nc3c(C)cc(C)cc23)cc1. The minimum absolute atomic E-state index is 0.213. The van der Waals surface area contributed by atoms with Crippen LogP contribution in [0, 0.1) is 27.7 Å². The second-order valence-electron chi connectivity index (χ2n) is 8.97. The van der Waals surface area contributed by atoms with Crippen molar-refractivity contribution in [2.75, 3.05) is 11.9 Å². The number of hydrogen-bond donors (Lipinski definition) is 1. The molecule has 0 aliphatic carbocycles. The Bertz CT molecular complexity index is 1400. The molecule has 1 amide bonds. The number of hydrogen-bond acceptors (Lipinski definition) is 4. The van der Waals surface area contributed by atoms with E-state index >= 15 is 0 Å². The molecule has 178 valence electrons. The van der Waals surface area contributed by atoms with Gasteiger partial charge in [-0.3, -0.25) is 4.79 Å². The first kappa shape index (κ1) is 24.1. The van der Waals surface area contributed by atoms with E-state index in [1.807, 2.05) is 52.8 Å². The highest BCUT2D eigenvalue weighted by atomic mass is 16.5. The maximum Gasteiger partial charge on any atom is 0.338 e. The third-order valence-electron chi connectivity index (χ3n) is 6.04. The van der Waals surface area contributed by atoms with Crippen molar-refractivity contribution in [3.63, 3.8) is 0 Å². The zero-order chi connectivity index (χ0) is 25.1. The Labute approximate surface area is 206 Å². The fourth-order valence-corrected chi connectivity index (χ4v) is 4.26. The standard InChI is InChI=1S/C30H30N2O3/c1-6-15-35-30(34)23-11-13-24(14-12-23)31-29(33)26-21(5)28(22-9-7-18(2)8-10-22)32-27-20(4)16-19(3)17-25(26)27/h7-14,16-17H,6,15H2,1-5H3,(H,31,33). The van der Waals surface area contributed by atoms with E-state index in [-0.39, 0.29) is 11.9 Å². The molecular weight excluding hydrogens is 436 g/mol. The van der Waals surface area contributed by atoms with Crippen LogP contribution in [0.1, 0.15) is 56.3 Å². The molecule has 1 N–H and O–H groups in total. The van der Waals surface area contributed by atoms with Crippen molar-refractivity contribution in [3.8, 4) is 11.3 Å². The van der Waals surface area contributed by atoms with Gasteiger partial charge in [-0.25, -0.2) is 9.78 Å². The minimum Gasteiger partial charge on any atom is -0.462 e. The molecule has 0 aliphatic rings. The highest BCUT2D eigenvalue weighted by Gasteiger charge is 2.20. The molecule has 0 radical (unpaired) electrons. The van der Waals surface area contributed by atoms with Gasteiger partial charge in [0.05, 0.1) is 28.9 Å². The normalized spacial score (nSPS) is 10.9. The van der Waals surface area contributed by atoms with Crippen LogP contribution in [-0.4, -0.2) is 23.5 Å². The van der Waals surface area contributed by atoms with Crippen LogP contribution in [0.4, 0.5) is 5.69 Å². The molecular formula is C30H30N2O3. The van der Waals surface area contributed by atoms with Gasteiger partial charge >= 0.3 is 5.97 Å². The van der Waals surface area contributed by atoms with Gasteiger partial charge in [0.1, 0.15) is 0 Å². The third-order valence-corrected chi connectivity index (χ3v) is 6.04. The average Bonchev–Trinajstić information content (AvgIpc) is 2.83. The third kappa shape index (κ3) is 5.09. The van der Waals surface area contributed by atoms with E-state index in [0.717, 1.165) is 45.3 Å². The number of anilines is 1. The van der Waals surface area contributed by atoms with E-state index in [2.05, 4.69) is 23.5 Å². The maximum absolute atomic E-state index is 13.6. The number of ether oxygens (including phenoxy) is 1. The van der Waals surface area contributed by atoms with Gasteiger partial charge in [0.25, 0.3) is 5.91 Å². The molecule has 35 heavy (non-hydrogen) atoms. The molecule has 0 atom stereocenters. The van der Waals surface area contributed by atoms with Gasteiger partial charge < -0.3 is 10.1 Å². The smallest absolute Gasteiger partial charge is 0.338 e. The quantitative estimate of drug-likeness (QED) is 0.312. The first-order valence-corrected chi connectivity index (χ1v) is 11.9. The number of amides is 1. The van der Waals surface area contributed by atoms with Crippen LogP contribution in [-0.2, 0) is 4.74 Å². The van der Waals surface area contributed by atoms with Crippen LogP contribution >= 0.6 is 0 Å². The highest BCUT2D eigenvalue weighted by Crippen LogP contribution is 2.32. The molecule has 3 aromatic carbocycles. The molecule has 0 saturated heterocycles. The van der Waals surface area contributed by atoms with Crippen LogP contribution in [0.15, 0.2) is 60.7 Å². The Balaban J connectivity index is 1.76. The van der Waals surface area contributed by atoms with Gasteiger partial charge in [0.2, 0.25) is 0 Å². The number of aromatic nitrogens is 1. The molecule has 0 fully saturated rings. The summed E-state index contributed by atoms with van der Waals surface area (Å²) >= 11 is 0. The van der Waals surface area contributed by atoms with Crippen molar-refractivity contribution in [1.29, 1.82) is 0 Å². The van der Waals surface area contributed by atoms with E-state index in [1.165, 1.54) is 5.56 Å². The Kier molecular flexibility index (Phi) is 6.97. The van der Waals surface area contributed by atoms with Crippen molar-refractivity contribution in [1.82, 2.24) is 4.98 Å². The van der Waals surface area contributed by atoms with Crippen molar-refractivity contribution in [2.24, 2.45) is 0 Å².